The average Bonchev–Trinajstić information content (AvgIpc) is 3.33. The Hall–Kier alpha value is -3.22. The minimum absolute atomic E-state index is 0.192. The number of ketones is 1. The lowest BCUT2D eigenvalue weighted by molar-refractivity contribution is -0.122. The number of Topliss-reactive ketones (excluding diaryl/α,β-unsaturated/α-hetero) is 1. The van der Waals surface area contributed by atoms with Crippen LogP contribution in [0.2, 0.25) is 5.02 Å². The maximum Gasteiger partial charge on any atom is 0.240 e. The molecule has 2 saturated heterocycles. The van der Waals surface area contributed by atoms with Crippen LogP contribution in [0.5, 0.6) is 0 Å². The van der Waals surface area contributed by atoms with Crippen LogP contribution in [0.15, 0.2) is 77.3 Å². The molecule has 3 heterocycles. The summed E-state index contributed by atoms with van der Waals surface area (Å²) in [6.45, 7) is 1.95. The second-order valence-corrected chi connectivity index (χ2v) is 10.5. The van der Waals surface area contributed by atoms with Gasteiger partial charge in [0.05, 0.1) is 23.6 Å². The number of halogens is 2. The van der Waals surface area contributed by atoms with E-state index in [1.165, 1.54) is 4.90 Å². The van der Waals surface area contributed by atoms with Gasteiger partial charge in [0, 0.05) is 20.7 Å². The topological polar surface area (TPSA) is 57.7 Å². The lowest BCUT2D eigenvalue weighted by Crippen LogP contribution is -2.48. The van der Waals surface area contributed by atoms with Crippen LogP contribution in [-0.2, 0) is 9.59 Å². The third-order valence-corrected chi connectivity index (χ3v) is 7.92. The number of carbonyl (C=O) groups excluding carboxylic acids is 3. The van der Waals surface area contributed by atoms with E-state index >= 15 is 0 Å². The van der Waals surface area contributed by atoms with Crippen molar-refractivity contribution in [2.45, 2.75) is 19.0 Å². The van der Waals surface area contributed by atoms with Crippen molar-refractivity contribution in [2.75, 3.05) is 9.80 Å². The molecule has 35 heavy (non-hydrogen) atoms. The molecule has 2 fully saturated rings. The number of benzene rings is 3. The van der Waals surface area contributed by atoms with Gasteiger partial charge in [-0.15, -0.1) is 0 Å². The van der Waals surface area contributed by atoms with Gasteiger partial charge in [0.15, 0.2) is 5.78 Å². The quantitative estimate of drug-likeness (QED) is 0.313. The van der Waals surface area contributed by atoms with Crippen LogP contribution < -0.4 is 9.80 Å². The molecular formula is C28H20BrClN2O3. The van der Waals surface area contributed by atoms with Gasteiger partial charge in [0.2, 0.25) is 11.8 Å². The van der Waals surface area contributed by atoms with Crippen molar-refractivity contribution in [2.24, 2.45) is 11.8 Å². The normalized spacial score (nSPS) is 24.4. The zero-order valence-corrected chi connectivity index (χ0v) is 21.0. The number of amides is 2. The second kappa shape index (κ2) is 8.18. The summed E-state index contributed by atoms with van der Waals surface area (Å²) in [5.41, 5.74) is 3.72. The van der Waals surface area contributed by atoms with E-state index in [-0.39, 0.29) is 17.6 Å². The number of imide groups is 1. The van der Waals surface area contributed by atoms with Gasteiger partial charge in [-0.1, -0.05) is 75.6 Å². The number of aryl methyl sites for hydroxylation is 1. The average molecular weight is 548 g/mol. The van der Waals surface area contributed by atoms with Crippen molar-refractivity contribution >= 4 is 62.6 Å². The Balaban J connectivity index is 1.50. The van der Waals surface area contributed by atoms with Crippen LogP contribution in [-0.4, -0.2) is 29.7 Å². The Bertz CT molecular complexity index is 1420. The first-order valence-electron chi connectivity index (χ1n) is 11.4. The van der Waals surface area contributed by atoms with Crippen molar-refractivity contribution < 1.29 is 14.4 Å². The smallest absolute Gasteiger partial charge is 0.240 e. The van der Waals surface area contributed by atoms with Crippen LogP contribution in [0.25, 0.3) is 6.08 Å². The molecule has 0 spiro atoms. The maximum atomic E-state index is 14.0. The Morgan fingerprint density at radius 1 is 0.914 bits per heavy atom. The Labute approximate surface area is 216 Å². The van der Waals surface area contributed by atoms with Crippen LogP contribution in [0.3, 0.4) is 0 Å². The second-order valence-electron chi connectivity index (χ2n) is 9.18. The molecule has 3 aromatic rings. The fourth-order valence-corrected chi connectivity index (χ4v) is 6.00. The Morgan fingerprint density at radius 3 is 2.31 bits per heavy atom. The minimum Gasteiger partial charge on any atom is -0.352 e. The van der Waals surface area contributed by atoms with E-state index in [9.17, 15) is 14.4 Å². The molecule has 3 aliphatic rings. The van der Waals surface area contributed by atoms with Crippen LogP contribution in [0, 0.1) is 18.8 Å². The third-order valence-electron chi connectivity index (χ3n) is 7.16. The molecule has 0 bridgehead atoms. The van der Waals surface area contributed by atoms with Crippen molar-refractivity contribution in [3.63, 3.8) is 0 Å². The molecule has 2 amide bonds. The van der Waals surface area contributed by atoms with E-state index in [0.717, 1.165) is 21.3 Å². The number of anilines is 2. The largest absolute Gasteiger partial charge is 0.352 e. The van der Waals surface area contributed by atoms with Gasteiger partial charge < -0.3 is 4.90 Å². The molecule has 7 heteroatoms. The monoisotopic (exact) mass is 546 g/mol. The lowest BCUT2D eigenvalue weighted by atomic mass is 9.86. The fourth-order valence-electron chi connectivity index (χ4n) is 5.56. The molecule has 0 saturated carbocycles. The summed E-state index contributed by atoms with van der Waals surface area (Å²) in [5.74, 6) is -2.29. The predicted molar refractivity (Wildman–Crippen MR) is 140 cm³/mol. The first kappa shape index (κ1) is 22.3. The highest BCUT2D eigenvalue weighted by Gasteiger charge is 2.64. The van der Waals surface area contributed by atoms with Crippen molar-refractivity contribution in [3.8, 4) is 0 Å². The number of hydrogen-bond donors (Lipinski definition) is 0. The molecular weight excluding hydrogens is 528 g/mol. The highest BCUT2D eigenvalue weighted by atomic mass is 79.9. The SMILES string of the molecule is Cc1ccc(N2C(=O)[C@@H]3[C@H](C2=O)[C@H](C(=O)c2ccc(Br)cc2)N2c4cc(Cl)ccc4C=C[C@@H]32)cc1. The zero-order valence-electron chi connectivity index (χ0n) is 18.7. The van der Waals surface area contributed by atoms with Crippen LogP contribution in [0.4, 0.5) is 11.4 Å². The van der Waals surface area contributed by atoms with Crippen molar-refractivity contribution in [1.82, 2.24) is 0 Å². The van der Waals surface area contributed by atoms with E-state index in [0.29, 0.717) is 16.3 Å². The van der Waals surface area contributed by atoms with E-state index in [4.69, 9.17) is 11.6 Å². The first-order valence-corrected chi connectivity index (χ1v) is 12.5. The van der Waals surface area contributed by atoms with E-state index in [1.54, 1.807) is 42.5 Å². The first-order chi connectivity index (χ1) is 16.8. The number of nitrogens with zero attached hydrogens (tertiary/aromatic N) is 2. The molecule has 0 radical (unpaired) electrons. The molecule has 4 atom stereocenters. The third kappa shape index (κ3) is 3.39. The fraction of sp³-hybridized carbons (Fsp3) is 0.179. The highest BCUT2D eigenvalue weighted by Crippen LogP contribution is 2.50. The standard InChI is InChI=1S/C28H20BrClN2O3/c1-15-2-11-20(12-3-15)31-27(34)23-21-13-7-16-6-10-19(30)14-22(16)32(21)25(24(23)28(31)35)26(33)17-4-8-18(29)9-5-17/h2-14,21,23-25H,1H3/t21-,23-,24-,25+/m0/s1. The maximum absolute atomic E-state index is 14.0. The highest BCUT2D eigenvalue weighted by molar-refractivity contribution is 9.10. The predicted octanol–water partition coefficient (Wildman–Crippen LogP) is 5.68. The Kier molecular flexibility index (Phi) is 5.20. The number of fused-ring (bicyclic) bond motifs is 5. The van der Waals surface area contributed by atoms with Gasteiger partial charge in [-0.2, -0.15) is 0 Å². The molecule has 0 aromatic heterocycles. The van der Waals surface area contributed by atoms with Crippen LogP contribution >= 0.6 is 27.5 Å². The summed E-state index contributed by atoms with van der Waals surface area (Å²) >= 11 is 9.75. The summed E-state index contributed by atoms with van der Waals surface area (Å²) in [6, 6.07) is 18.6. The van der Waals surface area contributed by atoms with Gasteiger partial charge in [-0.05, 0) is 48.9 Å². The summed E-state index contributed by atoms with van der Waals surface area (Å²) in [7, 11) is 0. The molecule has 5 nitrogen and oxygen atoms in total. The van der Waals surface area contributed by atoms with Crippen molar-refractivity contribution in [3.05, 3.63) is 99.0 Å². The van der Waals surface area contributed by atoms with Crippen molar-refractivity contribution in [1.29, 1.82) is 0 Å². The van der Waals surface area contributed by atoms with Gasteiger partial charge in [-0.3, -0.25) is 14.4 Å². The molecule has 174 valence electrons. The summed E-state index contributed by atoms with van der Waals surface area (Å²) in [4.78, 5) is 44.8. The minimum atomic E-state index is -0.833. The molecule has 0 N–H and O–H groups in total. The summed E-state index contributed by atoms with van der Waals surface area (Å²) < 4.78 is 0.854. The number of carbonyl (C=O) groups is 3. The van der Waals surface area contributed by atoms with Gasteiger partial charge in [0.25, 0.3) is 0 Å². The lowest BCUT2D eigenvalue weighted by Gasteiger charge is -2.36. The molecule has 3 aromatic carbocycles. The van der Waals surface area contributed by atoms with Gasteiger partial charge >= 0.3 is 0 Å². The number of rotatable bonds is 3. The molecule has 0 unspecified atom stereocenters. The Morgan fingerprint density at radius 2 is 1.60 bits per heavy atom. The number of hydrogen-bond acceptors (Lipinski definition) is 4. The molecule has 0 aliphatic carbocycles. The zero-order chi connectivity index (χ0) is 24.4. The van der Waals surface area contributed by atoms with Crippen LogP contribution in [0.1, 0.15) is 21.5 Å². The van der Waals surface area contributed by atoms with E-state index < -0.39 is 23.9 Å². The van der Waals surface area contributed by atoms with Gasteiger partial charge in [-0.25, -0.2) is 4.90 Å². The summed E-state index contributed by atoms with van der Waals surface area (Å²) in [5, 5.41) is 0.531. The van der Waals surface area contributed by atoms with Gasteiger partial charge in [0.1, 0.15) is 6.04 Å². The molecule has 3 aliphatic heterocycles. The van der Waals surface area contributed by atoms with E-state index in [2.05, 4.69) is 15.9 Å². The summed E-state index contributed by atoms with van der Waals surface area (Å²) in [6.07, 6.45) is 3.88. The molecule has 6 rings (SSSR count). The van der Waals surface area contributed by atoms with E-state index in [1.807, 2.05) is 48.2 Å².